The predicted octanol–water partition coefficient (Wildman–Crippen LogP) is 2.47. The van der Waals surface area contributed by atoms with Gasteiger partial charge < -0.3 is 9.21 Å². The van der Waals surface area contributed by atoms with Crippen LogP contribution in [0.5, 0.6) is 0 Å². The normalized spacial score (nSPS) is 10.1. The van der Waals surface area contributed by atoms with E-state index in [1.807, 2.05) is 30.3 Å². The van der Waals surface area contributed by atoms with Crippen LogP contribution in [0.1, 0.15) is 12.3 Å². The number of hydrogen-bond acceptors (Lipinski definition) is 3. The highest BCUT2D eigenvalue weighted by molar-refractivity contribution is 5.55. The maximum absolute atomic E-state index is 10.2. The van der Waals surface area contributed by atoms with Gasteiger partial charge in [0.15, 0.2) is 11.7 Å². The summed E-state index contributed by atoms with van der Waals surface area (Å²) in [4.78, 5) is 14.3. The Balaban J connectivity index is 2.17. The molecule has 0 fully saturated rings. The van der Waals surface area contributed by atoms with E-state index in [2.05, 4.69) is 4.98 Å². The molecular weight excluding hydrogens is 190 g/mol. The number of nitrogens with zero attached hydrogens (tertiary/aromatic N) is 1. The molecule has 0 spiro atoms. The molecule has 15 heavy (non-hydrogen) atoms. The minimum absolute atomic E-state index is 0.453. The van der Waals surface area contributed by atoms with Gasteiger partial charge in [0.1, 0.15) is 6.29 Å². The number of carbonyl (C=O) groups excluding carboxylic acids is 1. The van der Waals surface area contributed by atoms with Crippen molar-refractivity contribution in [2.24, 2.45) is 0 Å². The first-order valence-electron chi connectivity index (χ1n) is 4.84. The molecule has 2 rings (SSSR count). The molecule has 0 unspecified atom stereocenters. The van der Waals surface area contributed by atoms with E-state index in [1.165, 1.54) is 0 Å². The number of carbonyl (C=O) groups is 1. The van der Waals surface area contributed by atoms with Crippen LogP contribution >= 0.6 is 0 Å². The molecule has 1 heterocycles. The Bertz CT molecular complexity index is 434. The van der Waals surface area contributed by atoms with Gasteiger partial charge in [-0.2, -0.15) is 0 Å². The number of oxazole rings is 1. The zero-order chi connectivity index (χ0) is 10.5. The van der Waals surface area contributed by atoms with Gasteiger partial charge >= 0.3 is 0 Å². The Hall–Kier alpha value is -1.90. The monoisotopic (exact) mass is 201 g/mol. The summed E-state index contributed by atoms with van der Waals surface area (Å²) >= 11 is 0. The topological polar surface area (TPSA) is 43.1 Å². The van der Waals surface area contributed by atoms with Gasteiger partial charge in [-0.15, -0.1) is 0 Å². The second kappa shape index (κ2) is 4.55. The molecule has 0 saturated heterocycles. The Morgan fingerprint density at radius 2 is 2.07 bits per heavy atom. The lowest BCUT2D eigenvalue weighted by molar-refractivity contribution is -0.107. The second-order valence-corrected chi connectivity index (χ2v) is 3.19. The quantitative estimate of drug-likeness (QED) is 0.713. The number of aromatic nitrogens is 1. The number of aryl methyl sites for hydroxylation is 1. The molecule has 0 amide bonds. The van der Waals surface area contributed by atoms with E-state index in [-0.39, 0.29) is 0 Å². The summed E-state index contributed by atoms with van der Waals surface area (Å²) in [5.41, 5.74) is 1.00. The van der Waals surface area contributed by atoms with Crippen molar-refractivity contribution in [3.05, 3.63) is 42.4 Å². The van der Waals surface area contributed by atoms with Crippen LogP contribution in [-0.4, -0.2) is 11.3 Å². The zero-order valence-corrected chi connectivity index (χ0v) is 8.22. The van der Waals surface area contributed by atoms with Crippen LogP contribution < -0.4 is 0 Å². The van der Waals surface area contributed by atoms with Crippen LogP contribution in [0.3, 0.4) is 0 Å². The van der Waals surface area contributed by atoms with Crippen LogP contribution in [0.25, 0.3) is 11.3 Å². The molecule has 0 aliphatic carbocycles. The summed E-state index contributed by atoms with van der Waals surface area (Å²) in [7, 11) is 0. The lowest BCUT2D eigenvalue weighted by atomic mass is 10.2. The van der Waals surface area contributed by atoms with Crippen molar-refractivity contribution in [2.75, 3.05) is 0 Å². The first-order chi connectivity index (χ1) is 7.40. The number of aldehydes is 1. The molecule has 1 aromatic heterocycles. The molecule has 3 heteroatoms. The third-order valence-electron chi connectivity index (χ3n) is 2.09. The highest BCUT2D eigenvalue weighted by atomic mass is 16.4. The minimum Gasteiger partial charge on any atom is -0.441 e. The fraction of sp³-hybridized carbons (Fsp3) is 0.167. The summed E-state index contributed by atoms with van der Waals surface area (Å²) in [6.07, 6.45) is 3.58. The Morgan fingerprint density at radius 1 is 1.27 bits per heavy atom. The smallest absolute Gasteiger partial charge is 0.195 e. The van der Waals surface area contributed by atoms with E-state index < -0.39 is 0 Å². The number of benzene rings is 1. The second-order valence-electron chi connectivity index (χ2n) is 3.19. The van der Waals surface area contributed by atoms with E-state index in [9.17, 15) is 4.79 Å². The van der Waals surface area contributed by atoms with Crippen LogP contribution in [0.4, 0.5) is 0 Å². The average molecular weight is 201 g/mol. The van der Waals surface area contributed by atoms with Gasteiger partial charge in [-0.3, -0.25) is 0 Å². The molecule has 0 bridgehead atoms. The largest absolute Gasteiger partial charge is 0.441 e. The summed E-state index contributed by atoms with van der Waals surface area (Å²) in [6, 6.07) is 9.77. The molecule has 76 valence electrons. The molecule has 1 aromatic carbocycles. The van der Waals surface area contributed by atoms with Gasteiger partial charge in [-0.25, -0.2) is 4.98 Å². The van der Waals surface area contributed by atoms with Crippen LogP contribution in [0.15, 0.2) is 40.9 Å². The van der Waals surface area contributed by atoms with Gasteiger partial charge in [0.05, 0.1) is 6.20 Å². The highest BCUT2D eigenvalue weighted by Gasteiger charge is 2.04. The molecule has 0 radical (unpaired) electrons. The molecule has 0 N–H and O–H groups in total. The SMILES string of the molecule is O=CCCc1ncc(-c2ccccc2)o1. The minimum atomic E-state index is 0.453. The van der Waals surface area contributed by atoms with Crippen LogP contribution in [0, 0.1) is 0 Å². The standard InChI is InChI=1S/C12H11NO2/c14-8-4-7-12-13-9-11(15-12)10-5-2-1-3-6-10/h1-3,5-6,8-9H,4,7H2. The molecule has 0 aliphatic heterocycles. The molecule has 0 saturated carbocycles. The van der Waals surface area contributed by atoms with Crippen LogP contribution in [0.2, 0.25) is 0 Å². The van der Waals surface area contributed by atoms with E-state index in [0.717, 1.165) is 17.6 Å². The Labute approximate surface area is 87.8 Å². The molecule has 2 aromatic rings. The first-order valence-corrected chi connectivity index (χ1v) is 4.84. The molecule has 0 aliphatic rings. The van der Waals surface area contributed by atoms with Gasteiger partial charge in [-0.1, -0.05) is 30.3 Å². The number of rotatable bonds is 4. The molecule has 0 atom stereocenters. The maximum Gasteiger partial charge on any atom is 0.195 e. The van der Waals surface area contributed by atoms with E-state index >= 15 is 0 Å². The average Bonchev–Trinajstić information content (AvgIpc) is 2.76. The number of hydrogen-bond donors (Lipinski definition) is 0. The van der Waals surface area contributed by atoms with Crippen molar-refractivity contribution in [3.8, 4) is 11.3 Å². The van der Waals surface area contributed by atoms with Gasteiger partial charge in [0.2, 0.25) is 0 Å². The lowest BCUT2D eigenvalue weighted by Crippen LogP contribution is -1.84. The summed E-state index contributed by atoms with van der Waals surface area (Å²) in [5, 5.41) is 0. The predicted molar refractivity (Wildman–Crippen MR) is 56.3 cm³/mol. The zero-order valence-electron chi connectivity index (χ0n) is 8.22. The van der Waals surface area contributed by atoms with E-state index in [4.69, 9.17) is 4.42 Å². The van der Waals surface area contributed by atoms with E-state index in [1.54, 1.807) is 6.20 Å². The molecule has 3 nitrogen and oxygen atoms in total. The van der Waals surface area contributed by atoms with Crippen LogP contribution in [-0.2, 0) is 11.2 Å². The first kappa shape index (κ1) is 9.65. The fourth-order valence-electron chi connectivity index (χ4n) is 1.34. The van der Waals surface area contributed by atoms with Crippen molar-refractivity contribution < 1.29 is 9.21 Å². The van der Waals surface area contributed by atoms with Crippen molar-refractivity contribution in [1.29, 1.82) is 0 Å². The third-order valence-corrected chi connectivity index (χ3v) is 2.09. The van der Waals surface area contributed by atoms with Crippen molar-refractivity contribution >= 4 is 6.29 Å². The lowest BCUT2D eigenvalue weighted by Gasteiger charge is -1.93. The summed E-state index contributed by atoms with van der Waals surface area (Å²) < 4.78 is 5.50. The fourth-order valence-corrected chi connectivity index (χ4v) is 1.34. The molecular formula is C12H11NO2. The van der Waals surface area contributed by atoms with Gasteiger partial charge in [0.25, 0.3) is 0 Å². The summed E-state index contributed by atoms with van der Waals surface area (Å²) in [6.45, 7) is 0. The third kappa shape index (κ3) is 2.31. The van der Waals surface area contributed by atoms with Crippen molar-refractivity contribution in [3.63, 3.8) is 0 Å². The maximum atomic E-state index is 10.2. The Morgan fingerprint density at radius 3 is 2.80 bits per heavy atom. The highest BCUT2D eigenvalue weighted by Crippen LogP contribution is 2.19. The van der Waals surface area contributed by atoms with Gasteiger partial charge in [-0.05, 0) is 0 Å². The Kier molecular flexibility index (Phi) is 2.93. The van der Waals surface area contributed by atoms with Gasteiger partial charge in [0, 0.05) is 18.4 Å². The van der Waals surface area contributed by atoms with Crippen molar-refractivity contribution in [2.45, 2.75) is 12.8 Å². The summed E-state index contributed by atoms with van der Waals surface area (Å²) in [5.74, 6) is 1.36. The van der Waals surface area contributed by atoms with E-state index in [0.29, 0.717) is 18.7 Å². The van der Waals surface area contributed by atoms with Crippen molar-refractivity contribution in [1.82, 2.24) is 4.98 Å².